The molecule has 0 bridgehead atoms. The highest BCUT2D eigenvalue weighted by molar-refractivity contribution is 5.79. The van der Waals surface area contributed by atoms with E-state index in [4.69, 9.17) is 9.15 Å². The Morgan fingerprint density at radius 3 is 2.86 bits per heavy atom. The van der Waals surface area contributed by atoms with Crippen LogP contribution in [0.1, 0.15) is 31.3 Å². The summed E-state index contributed by atoms with van der Waals surface area (Å²) in [6.07, 6.45) is 5.28. The number of rotatable bonds is 5. The molecule has 4 rings (SSSR count). The van der Waals surface area contributed by atoms with Crippen LogP contribution in [0, 0.1) is 18.3 Å². The normalized spacial score (nSPS) is 25.4. The first kappa shape index (κ1) is 18.9. The van der Waals surface area contributed by atoms with Crippen LogP contribution >= 0.6 is 0 Å². The molecule has 2 aromatic rings. The van der Waals surface area contributed by atoms with Crippen molar-refractivity contribution in [2.45, 2.75) is 33.2 Å². The number of carbonyl (C=O) groups is 1. The number of anilines is 1. The van der Waals surface area contributed by atoms with E-state index in [1.165, 1.54) is 0 Å². The number of esters is 1. The van der Waals surface area contributed by atoms with Gasteiger partial charge >= 0.3 is 5.97 Å². The lowest BCUT2D eigenvalue weighted by Gasteiger charge is -2.31. The molecule has 7 heteroatoms. The highest BCUT2D eigenvalue weighted by atomic mass is 16.5. The number of aromatic nitrogens is 2. The molecule has 0 aliphatic carbocycles. The zero-order chi connectivity index (χ0) is 19.6. The van der Waals surface area contributed by atoms with Crippen LogP contribution in [0.15, 0.2) is 35.0 Å². The summed E-state index contributed by atoms with van der Waals surface area (Å²) >= 11 is 0. The van der Waals surface area contributed by atoms with Crippen molar-refractivity contribution >= 4 is 11.9 Å². The lowest BCUT2D eigenvalue weighted by Crippen LogP contribution is -2.42. The third-order valence-electron chi connectivity index (χ3n) is 5.96. The molecule has 0 radical (unpaired) electrons. The number of nitrogens with zero attached hydrogens (tertiary/aromatic N) is 4. The van der Waals surface area contributed by atoms with Gasteiger partial charge < -0.3 is 14.1 Å². The van der Waals surface area contributed by atoms with E-state index in [-0.39, 0.29) is 11.9 Å². The first-order chi connectivity index (χ1) is 13.6. The van der Waals surface area contributed by atoms with E-state index in [0.29, 0.717) is 19.1 Å². The largest absolute Gasteiger partial charge is 0.466 e. The Labute approximate surface area is 165 Å². The van der Waals surface area contributed by atoms with Gasteiger partial charge in [-0.1, -0.05) is 0 Å². The third-order valence-corrected chi connectivity index (χ3v) is 5.96. The molecule has 2 saturated heterocycles. The average molecular weight is 384 g/mol. The van der Waals surface area contributed by atoms with Crippen LogP contribution in [-0.2, 0) is 16.1 Å². The number of carbonyl (C=O) groups excluding carboxylic acids is 1. The molecule has 2 aliphatic rings. The summed E-state index contributed by atoms with van der Waals surface area (Å²) < 4.78 is 11.3. The van der Waals surface area contributed by atoms with Crippen molar-refractivity contribution in [2.75, 3.05) is 37.7 Å². The first-order valence-corrected chi connectivity index (χ1v) is 10.1. The molecule has 2 aromatic heterocycles. The van der Waals surface area contributed by atoms with E-state index < -0.39 is 5.41 Å². The predicted molar refractivity (Wildman–Crippen MR) is 105 cm³/mol. The molecule has 7 nitrogen and oxygen atoms in total. The molecule has 4 heterocycles. The number of fused-ring (bicyclic) bond motifs is 1. The van der Waals surface area contributed by atoms with E-state index in [1.807, 2.05) is 32.0 Å². The molecule has 28 heavy (non-hydrogen) atoms. The molecular weight excluding hydrogens is 356 g/mol. The molecule has 0 N–H and O–H groups in total. The average Bonchev–Trinajstić information content (AvgIpc) is 3.22. The van der Waals surface area contributed by atoms with Gasteiger partial charge in [0.2, 0.25) is 5.95 Å². The van der Waals surface area contributed by atoms with E-state index in [9.17, 15) is 4.79 Å². The molecule has 0 unspecified atom stereocenters. The lowest BCUT2D eigenvalue weighted by molar-refractivity contribution is -0.157. The van der Waals surface area contributed by atoms with Gasteiger partial charge in [0, 0.05) is 37.9 Å². The standard InChI is InChI=1S/C21H28N4O3/c1-3-27-19(26)21-8-4-11-24(14-18-7-6-16(2)28-18)12-17(21)13-25(15-21)20-22-9-5-10-23-20/h5-7,9-10,17H,3-4,8,11-15H2,1-2H3/t17-,21-/m1/s1. The van der Waals surface area contributed by atoms with Gasteiger partial charge in [-0.15, -0.1) is 0 Å². The third kappa shape index (κ3) is 3.63. The number of likely N-dealkylation sites (tertiary alicyclic amines) is 1. The Bertz CT molecular complexity index is 809. The fourth-order valence-corrected chi connectivity index (χ4v) is 4.66. The van der Waals surface area contributed by atoms with Gasteiger partial charge in [0.25, 0.3) is 0 Å². The van der Waals surface area contributed by atoms with Gasteiger partial charge in [-0.2, -0.15) is 0 Å². The summed E-state index contributed by atoms with van der Waals surface area (Å²) in [5, 5.41) is 0. The summed E-state index contributed by atoms with van der Waals surface area (Å²) in [5.74, 6) is 2.69. The molecule has 0 amide bonds. The van der Waals surface area contributed by atoms with Crippen LogP contribution in [0.5, 0.6) is 0 Å². The Morgan fingerprint density at radius 1 is 1.32 bits per heavy atom. The van der Waals surface area contributed by atoms with Crippen LogP contribution in [0.25, 0.3) is 0 Å². The minimum atomic E-state index is -0.497. The zero-order valence-corrected chi connectivity index (χ0v) is 16.6. The predicted octanol–water partition coefficient (Wildman–Crippen LogP) is 2.66. The van der Waals surface area contributed by atoms with Gasteiger partial charge in [0.15, 0.2) is 0 Å². The highest BCUT2D eigenvalue weighted by Gasteiger charge is 2.54. The number of hydrogen-bond donors (Lipinski definition) is 0. The SMILES string of the molecule is CCOC(=O)[C@@]12CCCN(Cc3ccc(C)o3)C[C@@H]1CN(c1ncccn1)C2. The number of hydrogen-bond acceptors (Lipinski definition) is 7. The smallest absolute Gasteiger partial charge is 0.314 e. The van der Waals surface area contributed by atoms with Crippen molar-refractivity contribution in [2.24, 2.45) is 11.3 Å². The van der Waals surface area contributed by atoms with Crippen LogP contribution in [0.2, 0.25) is 0 Å². The van der Waals surface area contributed by atoms with Crippen molar-refractivity contribution < 1.29 is 13.9 Å². The fourth-order valence-electron chi connectivity index (χ4n) is 4.66. The summed E-state index contributed by atoms with van der Waals surface area (Å²) in [6, 6.07) is 5.85. The minimum Gasteiger partial charge on any atom is -0.466 e. The van der Waals surface area contributed by atoms with E-state index in [1.54, 1.807) is 12.4 Å². The molecule has 2 aliphatic heterocycles. The second-order valence-corrected chi connectivity index (χ2v) is 7.85. The maximum absolute atomic E-state index is 13.1. The van der Waals surface area contributed by atoms with E-state index in [2.05, 4.69) is 19.8 Å². The van der Waals surface area contributed by atoms with Crippen molar-refractivity contribution in [1.82, 2.24) is 14.9 Å². The number of furan rings is 1. The van der Waals surface area contributed by atoms with Crippen LogP contribution in [-0.4, -0.2) is 53.6 Å². The summed E-state index contributed by atoms with van der Waals surface area (Å²) in [4.78, 5) is 26.4. The Morgan fingerprint density at radius 2 is 2.14 bits per heavy atom. The van der Waals surface area contributed by atoms with Crippen molar-refractivity contribution in [1.29, 1.82) is 0 Å². The molecule has 2 atom stereocenters. The molecule has 0 spiro atoms. The number of aryl methyl sites for hydroxylation is 1. The van der Waals surface area contributed by atoms with Crippen molar-refractivity contribution in [3.63, 3.8) is 0 Å². The second kappa shape index (κ2) is 7.91. The molecule has 0 saturated carbocycles. The molecule has 0 aromatic carbocycles. The minimum absolute atomic E-state index is 0.0749. The Balaban J connectivity index is 1.57. The van der Waals surface area contributed by atoms with Gasteiger partial charge in [-0.3, -0.25) is 9.69 Å². The number of ether oxygens (including phenoxy) is 1. The first-order valence-electron chi connectivity index (χ1n) is 10.1. The highest BCUT2D eigenvalue weighted by Crippen LogP contribution is 2.44. The Kier molecular flexibility index (Phi) is 5.35. The summed E-state index contributed by atoms with van der Waals surface area (Å²) in [7, 11) is 0. The second-order valence-electron chi connectivity index (χ2n) is 7.85. The van der Waals surface area contributed by atoms with Gasteiger partial charge in [-0.05, 0) is 51.4 Å². The summed E-state index contributed by atoms with van der Waals surface area (Å²) in [6.45, 7) is 8.19. The van der Waals surface area contributed by atoms with Crippen LogP contribution in [0.3, 0.4) is 0 Å². The maximum atomic E-state index is 13.1. The van der Waals surface area contributed by atoms with E-state index >= 15 is 0 Å². The van der Waals surface area contributed by atoms with Crippen LogP contribution < -0.4 is 4.90 Å². The maximum Gasteiger partial charge on any atom is 0.314 e. The topological polar surface area (TPSA) is 71.7 Å². The fraction of sp³-hybridized carbons (Fsp3) is 0.571. The Hall–Kier alpha value is -2.41. The molecule has 150 valence electrons. The van der Waals surface area contributed by atoms with Crippen molar-refractivity contribution in [3.8, 4) is 0 Å². The van der Waals surface area contributed by atoms with Gasteiger partial charge in [-0.25, -0.2) is 9.97 Å². The van der Waals surface area contributed by atoms with Crippen molar-refractivity contribution in [3.05, 3.63) is 42.1 Å². The molecular formula is C21H28N4O3. The quantitative estimate of drug-likeness (QED) is 0.734. The monoisotopic (exact) mass is 384 g/mol. The zero-order valence-electron chi connectivity index (χ0n) is 16.6. The van der Waals surface area contributed by atoms with Gasteiger partial charge in [0.05, 0.1) is 18.6 Å². The van der Waals surface area contributed by atoms with E-state index in [0.717, 1.165) is 50.5 Å². The molecule has 2 fully saturated rings. The van der Waals surface area contributed by atoms with Crippen LogP contribution in [0.4, 0.5) is 5.95 Å². The summed E-state index contributed by atoms with van der Waals surface area (Å²) in [5.41, 5.74) is -0.497. The lowest BCUT2D eigenvalue weighted by atomic mass is 9.75. The van der Waals surface area contributed by atoms with Gasteiger partial charge in [0.1, 0.15) is 11.5 Å².